The molecule has 4 rings (SSSR count). The fourth-order valence-electron chi connectivity index (χ4n) is 3.40. The topological polar surface area (TPSA) is 60.1 Å². The average molecular weight is 335 g/mol. The van der Waals surface area contributed by atoms with Crippen LogP contribution in [0.2, 0.25) is 0 Å². The first kappa shape index (κ1) is 15.7. The van der Waals surface area contributed by atoms with Crippen molar-refractivity contribution in [1.82, 2.24) is 15.1 Å². The van der Waals surface area contributed by atoms with E-state index in [0.717, 1.165) is 47.5 Å². The maximum Gasteiger partial charge on any atom is 0.287 e. The van der Waals surface area contributed by atoms with E-state index in [1.807, 2.05) is 41.9 Å². The molecule has 2 heterocycles. The van der Waals surface area contributed by atoms with Crippen LogP contribution in [0.4, 0.5) is 0 Å². The van der Waals surface area contributed by atoms with Crippen molar-refractivity contribution in [3.8, 4) is 11.3 Å². The van der Waals surface area contributed by atoms with Gasteiger partial charge in [0.15, 0.2) is 5.76 Å². The molecule has 1 aromatic carbocycles. The van der Waals surface area contributed by atoms with E-state index in [9.17, 15) is 4.79 Å². The van der Waals surface area contributed by atoms with Crippen molar-refractivity contribution >= 4 is 5.91 Å². The number of aryl methyl sites for hydroxylation is 3. The number of aromatic nitrogens is 2. The molecule has 2 aromatic heterocycles. The van der Waals surface area contributed by atoms with Gasteiger partial charge in [-0.25, -0.2) is 0 Å². The van der Waals surface area contributed by atoms with Gasteiger partial charge in [0, 0.05) is 36.8 Å². The molecule has 0 aliphatic heterocycles. The van der Waals surface area contributed by atoms with Crippen molar-refractivity contribution in [1.29, 1.82) is 0 Å². The second-order valence-electron chi connectivity index (χ2n) is 6.38. The number of amides is 1. The van der Waals surface area contributed by atoms with E-state index >= 15 is 0 Å². The van der Waals surface area contributed by atoms with Gasteiger partial charge < -0.3 is 9.73 Å². The van der Waals surface area contributed by atoms with Crippen LogP contribution in [0.25, 0.3) is 11.3 Å². The molecule has 128 valence electrons. The van der Waals surface area contributed by atoms with Crippen LogP contribution in [0.15, 0.2) is 40.9 Å². The summed E-state index contributed by atoms with van der Waals surface area (Å²) in [5, 5.41) is 7.61. The first-order valence-corrected chi connectivity index (χ1v) is 8.68. The molecule has 1 N–H and O–H groups in total. The Balaban J connectivity index is 1.61. The van der Waals surface area contributed by atoms with E-state index < -0.39 is 0 Å². The highest BCUT2D eigenvalue weighted by Crippen LogP contribution is 2.38. The van der Waals surface area contributed by atoms with Gasteiger partial charge >= 0.3 is 0 Å². The second kappa shape index (κ2) is 6.24. The van der Waals surface area contributed by atoms with E-state index in [0.29, 0.717) is 12.3 Å². The Labute approximate surface area is 146 Å². The zero-order valence-corrected chi connectivity index (χ0v) is 14.5. The Bertz CT molecular complexity index is 922. The predicted octanol–water partition coefficient (Wildman–Crippen LogP) is 3.50. The monoisotopic (exact) mass is 335 g/mol. The fraction of sp³-hybridized carbons (Fsp3) is 0.300. The molecule has 0 fully saturated rings. The summed E-state index contributed by atoms with van der Waals surface area (Å²) in [6.07, 6.45) is 3.81. The molecule has 1 amide bonds. The number of nitrogens with one attached hydrogen (secondary N) is 1. The fourth-order valence-corrected chi connectivity index (χ4v) is 3.40. The van der Waals surface area contributed by atoms with Crippen molar-refractivity contribution in [2.24, 2.45) is 0 Å². The van der Waals surface area contributed by atoms with Gasteiger partial charge in [0.2, 0.25) is 0 Å². The Morgan fingerprint density at radius 3 is 2.84 bits per heavy atom. The molecule has 1 aliphatic rings. The number of hydrogen-bond acceptors (Lipinski definition) is 3. The summed E-state index contributed by atoms with van der Waals surface area (Å²) < 4.78 is 7.87. The maximum atomic E-state index is 12.6. The first-order chi connectivity index (χ1) is 12.2. The molecule has 0 radical (unpaired) electrons. The summed E-state index contributed by atoms with van der Waals surface area (Å²) in [6, 6.07) is 9.87. The highest BCUT2D eigenvalue weighted by molar-refractivity contribution is 5.95. The van der Waals surface area contributed by atoms with Crippen LogP contribution in [-0.2, 0) is 25.9 Å². The standard InChI is InChI=1S/C20H21N3O2/c1-3-23-12-15-9-10-16-17(18(15)22-23)13(2)19(25-16)20(24)21-11-14-7-5-4-6-8-14/h4-8,12H,3,9-11H2,1-2H3,(H,21,24). The van der Waals surface area contributed by atoms with Crippen LogP contribution in [0.3, 0.4) is 0 Å². The minimum Gasteiger partial charge on any atom is -0.455 e. The van der Waals surface area contributed by atoms with Crippen LogP contribution in [0.1, 0.15) is 39.9 Å². The van der Waals surface area contributed by atoms with Gasteiger partial charge in [-0.1, -0.05) is 30.3 Å². The molecular formula is C20H21N3O2. The van der Waals surface area contributed by atoms with E-state index in [4.69, 9.17) is 4.42 Å². The van der Waals surface area contributed by atoms with Crippen molar-refractivity contribution in [3.05, 3.63) is 64.7 Å². The minimum atomic E-state index is -0.174. The molecule has 3 aromatic rings. The summed E-state index contributed by atoms with van der Waals surface area (Å²) in [6.45, 7) is 5.34. The summed E-state index contributed by atoms with van der Waals surface area (Å²) in [5.41, 5.74) is 5.14. The van der Waals surface area contributed by atoms with Crippen molar-refractivity contribution in [3.63, 3.8) is 0 Å². The number of fused-ring (bicyclic) bond motifs is 3. The van der Waals surface area contributed by atoms with Crippen LogP contribution in [-0.4, -0.2) is 15.7 Å². The molecule has 5 nitrogen and oxygen atoms in total. The summed E-state index contributed by atoms with van der Waals surface area (Å²) in [4.78, 5) is 12.6. The molecule has 25 heavy (non-hydrogen) atoms. The summed E-state index contributed by atoms with van der Waals surface area (Å²) in [5.74, 6) is 1.10. The lowest BCUT2D eigenvalue weighted by molar-refractivity contribution is 0.0920. The van der Waals surface area contributed by atoms with Gasteiger partial charge in [-0.2, -0.15) is 5.10 Å². The number of furan rings is 1. The highest BCUT2D eigenvalue weighted by atomic mass is 16.4. The number of carbonyl (C=O) groups excluding carboxylic acids is 1. The largest absolute Gasteiger partial charge is 0.455 e. The van der Waals surface area contributed by atoms with Crippen LogP contribution in [0.5, 0.6) is 0 Å². The van der Waals surface area contributed by atoms with Gasteiger partial charge in [-0.05, 0) is 31.4 Å². The molecule has 0 atom stereocenters. The molecular weight excluding hydrogens is 314 g/mol. The van der Waals surface area contributed by atoms with Crippen molar-refractivity contribution in [2.45, 2.75) is 39.8 Å². The SMILES string of the molecule is CCn1cc2c(n1)-c1c(oc(C(=O)NCc3ccccc3)c1C)CC2. The Morgan fingerprint density at radius 1 is 1.28 bits per heavy atom. The lowest BCUT2D eigenvalue weighted by Gasteiger charge is -2.09. The highest BCUT2D eigenvalue weighted by Gasteiger charge is 2.29. The molecule has 1 aliphatic carbocycles. The Kier molecular flexibility index (Phi) is 3.92. The van der Waals surface area contributed by atoms with Gasteiger partial charge in [-0.3, -0.25) is 9.48 Å². The van der Waals surface area contributed by atoms with E-state index in [1.54, 1.807) is 0 Å². The lowest BCUT2D eigenvalue weighted by atomic mass is 9.93. The third-order valence-electron chi connectivity index (χ3n) is 4.74. The van der Waals surface area contributed by atoms with Crippen LogP contribution >= 0.6 is 0 Å². The van der Waals surface area contributed by atoms with Crippen molar-refractivity contribution < 1.29 is 9.21 Å². The van der Waals surface area contributed by atoms with E-state index in [2.05, 4.69) is 23.5 Å². The Morgan fingerprint density at radius 2 is 2.08 bits per heavy atom. The smallest absolute Gasteiger partial charge is 0.287 e. The van der Waals surface area contributed by atoms with E-state index in [-0.39, 0.29) is 5.91 Å². The molecule has 0 saturated heterocycles. The second-order valence-corrected chi connectivity index (χ2v) is 6.38. The normalized spacial score (nSPS) is 12.6. The quantitative estimate of drug-likeness (QED) is 0.794. The zero-order chi connectivity index (χ0) is 17.4. The predicted molar refractivity (Wildman–Crippen MR) is 95.4 cm³/mol. The van der Waals surface area contributed by atoms with Gasteiger partial charge in [0.1, 0.15) is 5.76 Å². The number of rotatable bonds is 4. The molecule has 0 unspecified atom stereocenters. The van der Waals surface area contributed by atoms with Crippen molar-refractivity contribution in [2.75, 3.05) is 0 Å². The number of nitrogens with zero attached hydrogens (tertiary/aromatic N) is 2. The van der Waals surface area contributed by atoms with Crippen LogP contribution < -0.4 is 5.32 Å². The molecule has 5 heteroatoms. The van der Waals surface area contributed by atoms with E-state index in [1.165, 1.54) is 5.56 Å². The third kappa shape index (κ3) is 2.76. The number of hydrogen-bond donors (Lipinski definition) is 1. The third-order valence-corrected chi connectivity index (χ3v) is 4.74. The molecule has 0 saturated carbocycles. The average Bonchev–Trinajstić information content (AvgIpc) is 3.21. The summed E-state index contributed by atoms with van der Waals surface area (Å²) in [7, 11) is 0. The number of benzene rings is 1. The lowest BCUT2D eigenvalue weighted by Crippen LogP contribution is -2.22. The first-order valence-electron chi connectivity index (χ1n) is 8.68. The van der Waals surface area contributed by atoms with Gasteiger partial charge in [0.25, 0.3) is 5.91 Å². The van der Waals surface area contributed by atoms with Crippen LogP contribution in [0, 0.1) is 6.92 Å². The summed E-state index contributed by atoms with van der Waals surface area (Å²) >= 11 is 0. The maximum absolute atomic E-state index is 12.6. The molecule has 0 bridgehead atoms. The van der Waals surface area contributed by atoms with Gasteiger partial charge in [-0.15, -0.1) is 0 Å². The minimum absolute atomic E-state index is 0.174. The zero-order valence-electron chi connectivity index (χ0n) is 14.5. The van der Waals surface area contributed by atoms with Gasteiger partial charge in [0.05, 0.1) is 5.69 Å². The molecule has 0 spiro atoms. The Hall–Kier alpha value is -2.82. The number of carbonyl (C=O) groups is 1.